The number of benzene rings is 1. The molecule has 0 spiro atoms. The van der Waals surface area contributed by atoms with E-state index in [2.05, 4.69) is 60.3 Å². The van der Waals surface area contributed by atoms with Crippen LogP contribution in [0.25, 0.3) is 11.1 Å². The Hall–Kier alpha value is -1.61. The third-order valence-corrected chi connectivity index (χ3v) is 3.37. The summed E-state index contributed by atoms with van der Waals surface area (Å²) < 4.78 is 2.05. The summed E-state index contributed by atoms with van der Waals surface area (Å²) in [4.78, 5) is 0. The molecule has 0 bridgehead atoms. The molecular weight excluding hydrogens is 234 g/mol. The van der Waals surface area contributed by atoms with Crippen molar-refractivity contribution in [1.82, 2.24) is 15.1 Å². The first kappa shape index (κ1) is 13.8. The SMILES string of the molecule is CCCn1cc(-c2cc(CNC)ccc2C)c(C)n1. The van der Waals surface area contributed by atoms with Gasteiger partial charge in [-0.1, -0.05) is 19.1 Å². The molecule has 2 aromatic rings. The fourth-order valence-corrected chi connectivity index (χ4v) is 2.40. The average molecular weight is 257 g/mol. The predicted octanol–water partition coefficient (Wildman–Crippen LogP) is 3.30. The van der Waals surface area contributed by atoms with E-state index in [0.717, 1.165) is 25.2 Å². The molecule has 1 aromatic heterocycles. The summed E-state index contributed by atoms with van der Waals surface area (Å²) in [5.41, 5.74) is 6.28. The van der Waals surface area contributed by atoms with Crippen LogP contribution < -0.4 is 5.32 Å². The smallest absolute Gasteiger partial charge is 0.0672 e. The minimum atomic E-state index is 0.898. The second-order valence-electron chi connectivity index (χ2n) is 5.07. The Morgan fingerprint density at radius 3 is 2.68 bits per heavy atom. The van der Waals surface area contributed by atoms with Crippen LogP contribution in [0.1, 0.15) is 30.2 Å². The number of hydrogen-bond donors (Lipinski definition) is 1. The van der Waals surface area contributed by atoms with Crippen molar-refractivity contribution in [2.45, 2.75) is 40.3 Å². The minimum Gasteiger partial charge on any atom is -0.316 e. The van der Waals surface area contributed by atoms with Gasteiger partial charge in [0.25, 0.3) is 0 Å². The molecule has 1 aromatic carbocycles. The second-order valence-corrected chi connectivity index (χ2v) is 5.07. The zero-order valence-corrected chi connectivity index (χ0v) is 12.3. The summed E-state index contributed by atoms with van der Waals surface area (Å²) in [6, 6.07) is 6.64. The zero-order chi connectivity index (χ0) is 13.8. The van der Waals surface area contributed by atoms with Crippen LogP contribution in [0, 0.1) is 13.8 Å². The van der Waals surface area contributed by atoms with E-state index in [1.54, 1.807) is 0 Å². The molecule has 3 heteroatoms. The van der Waals surface area contributed by atoms with Crippen molar-refractivity contribution in [2.24, 2.45) is 0 Å². The Labute approximate surface area is 115 Å². The zero-order valence-electron chi connectivity index (χ0n) is 12.3. The highest BCUT2D eigenvalue weighted by Gasteiger charge is 2.10. The average Bonchev–Trinajstić information content (AvgIpc) is 2.73. The standard InChI is InChI=1S/C16H23N3/c1-5-8-19-11-16(13(3)18-19)15-9-14(10-17-4)7-6-12(15)2/h6-7,9,11,17H,5,8,10H2,1-4H3. The number of aryl methyl sites for hydroxylation is 3. The Kier molecular flexibility index (Phi) is 4.38. The van der Waals surface area contributed by atoms with Gasteiger partial charge in [0, 0.05) is 24.8 Å². The van der Waals surface area contributed by atoms with E-state index in [9.17, 15) is 0 Å². The lowest BCUT2D eigenvalue weighted by atomic mass is 9.99. The molecule has 0 fully saturated rings. The molecule has 0 saturated carbocycles. The van der Waals surface area contributed by atoms with E-state index in [1.165, 1.54) is 22.3 Å². The summed E-state index contributed by atoms with van der Waals surface area (Å²) in [7, 11) is 1.98. The fraction of sp³-hybridized carbons (Fsp3) is 0.438. The summed E-state index contributed by atoms with van der Waals surface area (Å²) in [6.07, 6.45) is 3.28. The van der Waals surface area contributed by atoms with Gasteiger partial charge in [-0.15, -0.1) is 0 Å². The van der Waals surface area contributed by atoms with E-state index in [4.69, 9.17) is 0 Å². The highest BCUT2D eigenvalue weighted by Crippen LogP contribution is 2.27. The topological polar surface area (TPSA) is 29.9 Å². The fourth-order valence-electron chi connectivity index (χ4n) is 2.40. The van der Waals surface area contributed by atoms with Gasteiger partial charge < -0.3 is 5.32 Å². The van der Waals surface area contributed by atoms with Gasteiger partial charge >= 0.3 is 0 Å². The molecule has 0 saturated heterocycles. The van der Waals surface area contributed by atoms with Gasteiger partial charge in [-0.3, -0.25) is 4.68 Å². The van der Waals surface area contributed by atoms with Crippen LogP contribution in [0.3, 0.4) is 0 Å². The Bertz CT molecular complexity index is 555. The number of aromatic nitrogens is 2. The van der Waals surface area contributed by atoms with Gasteiger partial charge in [0.05, 0.1) is 5.69 Å². The van der Waals surface area contributed by atoms with E-state index in [1.807, 2.05) is 7.05 Å². The normalized spacial score (nSPS) is 10.9. The summed E-state index contributed by atoms with van der Waals surface area (Å²) >= 11 is 0. The quantitative estimate of drug-likeness (QED) is 0.890. The summed E-state index contributed by atoms with van der Waals surface area (Å²) in [5, 5.41) is 7.80. The van der Waals surface area contributed by atoms with Crippen molar-refractivity contribution in [2.75, 3.05) is 7.05 Å². The van der Waals surface area contributed by atoms with E-state index in [-0.39, 0.29) is 0 Å². The van der Waals surface area contributed by atoms with Gasteiger partial charge in [0.15, 0.2) is 0 Å². The maximum atomic E-state index is 4.59. The summed E-state index contributed by atoms with van der Waals surface area (Å²) in [5.74, 6) is 0. The summed E-state index contributed by atoms with van der Waals surface area (Å²) in [6.45, 7) is 8.31. The van der Waals surface area contributed by atoms with Crippen LogP contribution in [0.15, 0.2) is 24.4 Å². The third kappa shape index (κ3) is 3.04. The van der Waals surface area contributed by atoms with Crippen molar-refractivity contribution in [3.05, 3.63) is 41.2 Å². The van der Waals surface area contributed by atoms with Crippen LogP contribution in [-0.4, -0.2) is 16.8 Å². The molecule has 1 N–H and O–H groups in total. The van der Waals surface area contributed by atoms with Crippen molar-refractivity contribution in [1.29, 1.82) is 0 Å². The maximum Gasteiger partial charge on any atom is 0.0672 e. The lowest BCUT2D eigenvalue weighted by Gasteiger charge is -2.08. The highest BCUT2D eigenvalue weighted by atomic mass is 15.3. The second kappa shape index (κ2) is 6.02. The van der Waals surface area contributed by atoms with Gasteiger partial charge in [0.1, 0.15) is 0 Å². The lowest BCUT2D eigenvalue weighted by molar-refractivity contribution is 0.598. The highest BCUT2D eigenvalue weighted by molar-refractivity contribution is 5.69. The Morgan fingerprint density at radius 2 is 2.00 bits per heavy atom. The molecule has 102 valence electrons. The first-order valence-electron chi connectivity index (χ1n) is 6.94. The van der Waals surface area contributed by atoms with Crippen LogP contribution in [0.4, 0.5) is 0 Å². The molecule has 0 atom stereocenters. The predicted molar refractivity (Wildman–Crippen MR) is 80.2 cm³/mol. The molecule has 19 heavy (non-hydrogen) atoms. The molecule has 0 unspecified atom stereocenters. The third-order valence-electron chi connectivity index (χ3n) is 3.37. The van der Waals surface area contributed by atoms with E-state index in [0.29, 0.717) is 0 Å². The first-order valence-corrected chi connectivity index (χ1v) is 6.94. The number of nitrogens with one attached hydrogen (secondary N) is 1. The monoisotopic (exact) mass is 257 g/mol. The van der Waals surface area contributed by atoms with Crippen molar-refractivity contribution < 1.29 is 0 Å². The molecule has 0 aliphatic rings. The molecule has 0 radical (unpaired) electrons. The van der Waals surface area contributed by atoms with Crippen LogP contribution in [0.5, 0.6) is 0 Å². The van der Waals surface area contributed by atoms with Crippen LogP contribution in [-0.2, 0) is 13.1 Å². The van der Waals surface area contributed by atoms with Crippen LogP contribution >= 0.6 is 0 Å². The molecule has 1 heterocycles. The molecule has 2 rings (SSSR count). The Morgan fingerprint density at radius 1 is 1.21 bits per heavy atom. The number of nitrogens with zero attached hydrogens (tertiary/aromatic N) is 2. The minimum absolute atomic E-state index is 0.898. The molecule has 3 nitrogen and oxygen atoms in total. The lowest BCUT2D eigenvalue weighted by Crippen LogP contribution is -2.05. The first-order chi connectivity index (χ1) is 9.15. The van der Waals surface area contributed by atoms with Crippen LogP contribution in [0.2, 0.25) is 0 Å². The number of rotatable bonds is 5. The van der Waals surface area contributed by atoms with Gasteiger partial charge in [-0.05, 0) is 50.1 Å². The number of hydrogen-bond acceptors (Lipinski definition) is 2. The van der Waals surface area contributed by atoms with E-state index < -0.39 is 0 Å². The maximum absolute atomic E-state index is 4.59. The molecule has 0 aliphatic carbocycles. The largest absolute Gasteiger partial charge is 0.316 e. The van der Waals surface area contributed by atoms with Gasteiger partial charge in [-0.25, -0.2) is 0 Å². The molecule has 0 amide bonds. The van der Waals surface area contributed by atoms with Gasteiger partial charge in [0.2, 0.25) is 0 Å². The molecule has 0 aliphatic heterocycles. The van der Waals surface area contributed by atoms with Crippen molar-refractivity contribution in [3.8, 4) is 11.1 Å². The Balaban J connectivity index is 2.42. The van der Waals surface area contributed by atoms with E-state index >= 15 is 0 Å². The van der Waals surface area contributed by atoms with Gasteiger partial charge in [-0.2, -0.15) is 5.10 Å². The van der Waals surface area contributed by atoms with Crippen molar-refractivity contribution >= 4 is 0 Å². The molecular formula is C16H23N3. The van der Waals surface area contributed by atoms with Crippen molar-refractivity contribution in [3.63, 3.8) is 0 Å².